The Morgan fingerprint density at radius 2 is 2.15 bits per heavy atom. The van der Waals surface area contributed by atoms with E-state index in [9.17, 15) is 0 Å². The first-order valence-electron chi connectivity index (χ1n) is 3.98. The maximum atomic E-state index is 8.50. The van der Waals surface area contributed by atoms with E-state index in [1.807, 2.05) is 30.3 Å². The molecule has 0 aliphatic carbocycles. The maximum absolute atomic E-state index is 8.50. The standard InChI is InChI=1S/C10H11NOS/c1-12-10(7-8-11)13-9-5-3-2-4-6-9/h2-6,10H,7H2,1H3. The van der Waals surface area contributed by atoms with Crippen LogP contribution in [0.2, 0.25) is 0 Å². The molecule has 0 heterocycles. The van der Waals surface area contributed by atoms with Gasteiger partial charge in [-0.15, -0.1) is 0 Å². The predicted octanol–water partition coefficient (Wildman–Crippen LogP) is 2.66. The van der Waals surface area contributed by atoms with E-state index < -0.39 is 0 Å². The number of hydrogen-bond donors (Lipinski definition) is 0. The Morgan fingerprint density at radius 1 is 1.46 bits per heavy atom. The van der Waals surface area contributed by atoms with Crippen LogP contribution in [0.1, 0.15) is 6.42 Å². The van der Waals surface area contributed by atoms with Gasteiger partial charge in [0.2, 0.25) is 0 Å². The number of thioether (sulfide) groups is 1. The summed E-state index contributed by atoms with van der Waals surface area (Å²) in [4.78, 5) is 1.13. The molecule has 0 amide bonds. The van der Waals surface area contributed by atoms with E-state index in [-0.39, 0.29) is 5.44 Å². The highest BCUT2D eigenvalue weighted by atomic mass is 32.2. The zero-order valence-corrected chi connectivity index (χ0v) is 8.25. The number of benzene rings is 1. The summed E-state index contributed by atoms with van der Waals surface area (Å²) >= 11 is 1.57. The smallest absolute Gasteiger partial charge is 0.120 e. The van der Waals surface area contributed by atoms with Gasteiger partial charge in [-0.2, -0.15) is 5.26 Å². The van der Waals surface area contributed by atoms with Gasteiger partial charge in [0.15, 0.2) is 0 Å². The summed E-state index contributed by atoms with van der Waals surface area (Å²) in [5, 5.41) is 8.50. The van der Waals surface area contributed by atoms with Gasteiger partial charge >= 0.3 is 0 Å². The molecule has 1 atom stereocenters. The van der Waals surface area contributed by atoms with Gasteiger partial charge in [-0.1, -0.05) is 30.0 Å². The summed E-state index contributed by atoms with van der Waals surface area (Å²) in [5.74, 6) is 0. The lowest BCUT2D eigenvalue weighted by atomic mass is 10.4. The maximum Gasteiger partial charge on any atom is 0.120 e. The van der Waals surface area contributed by atoms with Crippen molar-refractivity contribution in [2.75, 3.05) is 7.11 Å². The molecule has 0 aliphatic rings. The molecule has 0 saturated heterocycles. The third kappa shape index (κ3) is 3.49. The highest BCUT2D eigenvalue weighted by Gasteiger charge is 2.07. The van der Waals surface area contributed by atoms with Crippen molar-refractivity contribution in [2.45, 2.75) is 16.8 Å². The Labute approximate surface area is 82.5 Å². The van der Waals surface area contributed by atoms with Gasteiger partial charge in [0.1, 0.15) is 5.44 Å². The second-order valence-corrected chi connectivity index (χ2v) is 3.69. The van der Waals surface area contributed by atoms with Crippen LogP contribution in [0.4, 0.5) is 0 Å². The first kappa shape index (κ1) is 10.1. The van der Waals surface area contributed by atoms with Crippen LogP contribution in [-0.2, 0) is 4.74 Å². The molecule has 1 aromatic carbocycles. The van der Waals surface area contributed by atoms with Gasteiger partial charge in [0, 0.05) is 12.0 Å². The number of methoxy groups -OCH3 is 1. The molecule has 0 radical (unpaired) electrons. The van der Waals surface area contributed by atoms with Crippen LogP contribution in [0, 0.1) is 11.3 Å². The van der Waals surface area contributed by atoms with E-state index in [4.69, 9.17) is 10.00 Å². The molecular weight excluding hydrogens is 182 g/mol. The van der Waals surface area contributed by atoms with Gasteiger partial charge in [-0.05, 0) is 12.1 Å². The fourth-order valence-electron chi connectivity index (χ4n) is 0.898. The van der Waals surface area contributed by atoms with Crippen molar-refractivity contribution in [3.8, 4) is 6.07 Å². The second kappa shape index (κ2) is 5.63. The molecule has 0 fully saturated rings. The molecule has 0 spiro atoms. The number of hydrogen-bond acceptors (Lipinski definition) is 3. The largest absolute Gasteiger partial charge is 0.369 e. The Kier molecular flexibility index (Phi) is 4.37. The summed E-state index contributed by atoms with van der Waals surface area (Å²) in [6.07, 6.45) is 0.413. The molecule has 0 aliphatic heterocycles. The molecule has 0 bridgehead atoms. The molecule has 0 N–H and O–H groups in total. The molecule has 2 nitrogen and oxygen atoms in total. The summed E-state index contributed by atoms with van der Waals surface area (Å²) in [7, 11) is 1.62. The third-order valence-corrected chi connectivity index (χ3v) is 2.70. The third-order valence-electron chi connectivity index (χ3n) is 1.53. The highest BCUT2D eigenvalue weighted by Crippen LogP contribution is 2.24. The quantitative estimate of drug-likeness (QED) is 0.544. The second-order valence-electron chi connectivity index (χ2n) is 2.46. The zero-order valence-electron chi connectivity index (χ0n) is 7.43. The van der Waals surface area contributed by atoms with Gasteiger partial charge in [-0.3, -0.25) is 0 Å². The van der Waals surface area contributed by atoms with Crippen molar-refractivity contribution < 1.29 is 4.74 Å². The van der Waals surface area contributed by atoms with E-state index in [1.165, 1.54) is 0 Å². The molecule has 1 rings (SSSR count). The van der Waals surface area contributed by atoms with Crippen LogP contribution < -0.4 is 0 Å². The van der Waals surface area contributed by atoms with Gasteiger partial charge < -0.3 is 4.74 Å². The summed E-state index contributed by atoms with van der Waals surface area (Å²) < 4.78 is 5.14. The van der Waals surface area contributed by atoms with Crippen molar-refractivity contribution >= 4 is 11.8 Å². The zero-order chi connectivity index (χ0) is 9.52. The van der Waals surface area contributed by atoms with E-state index in [0.29, 0.717) is 6.42 Å². The number of nitrogens with zero attached hydrogens (tertiary/aromatic N) is 1. The van der Waals surface area contributed by atoms with E-state index in [0.717, 1.165) is 4.90 Å². The summed E-state index contributed by atoms with van der Waals surface area (Å²) in [5.41, 5.74) is -0.0626. The van der Waals surface area contributed by atoms with Crippen molar-refractivity contribution in [3.63, 3.8) is 0 Å². The minimum Gasteiger partial charge on any atom is -0.369 e. The van der Waals surface area contributed by atoms with Crippen LogP contribution in [-0.4, -0.2) is 12.5 Å². The topological polar surface area (TPSA) is 33.0 Å². The first-order valence-corrected chi connectivity index (χ1v) is 4.86. The first-order chi connectivity index (χ1) is 6.36. The lowest BCUT2D eigenvalue weighted by Gasteiger charge is -2.10. The molecule has 13 heavy (non-hydrogen) atoms. The lowest BCUT2D eigenvalue weighted by Crippen LogP contribution is -2.03. The van der Waals surface area contributed by atoms with Crippen molar-refractivity contribution in [2.24, 2.45) is 0 Å². The monoisotopic (exact) mass is 193 g/mol. The van der Waals surface area contributed by atoms with Crippen molar-refractivity contribution in [1.82, 2.24) is 0 Å². The average Bonchev–Trinajstić information content (AvgIpc) is 2.19. The van der Waals surface area contributed by atoms with Crippen LogP contribution in [0.5, 0.6) is 0 Å². The van der Waals surface area contributed by atoms with Gasteiger partial charge in [0.05, 0.1) is 12.5 Å². The lowest BCUT2D eigenvalue weighted by molar-refractivity contribution is 0.177. The van der Waals surface area contributed by atoms with Gasteiger partial charge in [0.25, 0.3) is 0 Å². The highest BCUT2D eigenvalue weighted by molar-refractivity contribution is 7.99. The normalized spacial score (nSPS) is 12.0. The molecule has 1 aromatic rings. The van der Waals surface area contributed by atoms with E-state index in [2.05, 4.69) is 6.07 Å². The number of ether oxygens (including phenoxy) is 1. The van der Waals surface area contributed by atoms with Gasteiger partial charge in [-0.25, -0.2) is 0 Å². The average molecular weight is 193 g/mol. The molecule has 68 valence electrons. The molecule has 1 unspecified atom stereocenters. The van der Waals surface area contributed by atoms with Crippen molar-refractivity contribution in [1.29, 1.82) is 5.26 Å². The molecule has 3 heteroatoms. The number of rotatable bonds is 4. The fraction of sp³-hybridized carbons (Fsp3) is 0.300. The van der Waals surface area contributed by atoms with Crippen LogP contribution in [0.15, 0.2) is 35.2 Å². The predicted molar refractivity (Wildman–Crippen MR) is 53.3 cm³/mol. The van der Waals surface area contributed by atoms with Crippen LogP contribution in [0.3, 0.4) is 0 Å². The Morgan fingerprint density at radius 3 is 2.69 bits per heavy atom. The minimum atomic E-state index is -0.0626. The molecule has 0 saturated carbocycles. The van der Waals surface area contributed by atoms with Crippen LogP contribution >= 0.6 is 11.8 Å². The Bertz CT molecular complexity index is 281. The molecule has 0 aromatic heterocycles. The SMILES string of the molecule is COC(CC#N)Sc1ccccc1. The number of nitriles is 1. The Hall–Kier alpha value is -0.980. The van der Waals surface area contributed by atoms with Crippen molar-refractivity contribution in [3.05, 3.63) is 30.3 Å². The molecular formula is C10H11NOS. The van der Waals surface area contributed by atoms with Crippen LogP contribution in [0.25, 0.3) is 0 Å². The van der Waals surface area contributed by atoms with E-state index in [1.54, 1.807) is 18.9 Å². The fourth-order valence-corrected chi connectivity index (χ4v) is 1.77. The van der Waals surface area contributed by atoms with E-state index >= 15 is 0 Å². The Balaban J connectivity index is 2.53. The minimum absolute atomic E-state index is 0.0626. The summed E-state index contributed by atoms with van der Waals surface area (Å²) in [6, 6.07) is 12.0. The summed E-state index contributed by atoms with van der Waals surface area (Å²) in [6.45, 7) is 0.